The minimum absolute atomic E-state index is 0.432. The lowest BCUT2D eigenvalue weighted by atomic mass is 10.2. The predicted molar refractivity (Wildman–Crippen MR) is 115 cm³/mol. The largest absolute Gasteiger partial charge is 0.355 e. The van der Waals surface area contributed by atoms with Gasteiger partial charge < -0.3 is 4.84 Å². The van der Waals surface area contributed by atoms with Crippen molar-refractivity contribution in [3.05, 3.63) is 101 Å². The summed E-state index contributed by atoms with van der Waals surface area (Å²) < 4.78 is 0.880. The lowest BCUT2D eigenvalue weighted by Gasteiger charge is -2.04. The molecule has 29 heavy (non-hydrogen) atoms. The van der Waals surface area contributed by atoms with Gasteiger partial charge in [0.05, 0.1) is 11.4 Å². The molecule has 0 aliphatic rings. The van der Waals surface area contributed by atoms with E-state index in [0.717, 1.165) is 10.0 Å². The van der Waals surface area contributed by atoms with E-state index < -0.39 is 11.9 Å². The molecule has 0 atom stereocenters. The van der Waals surface area contributed by atoms with Crippen LogP contribution in [-0.4, -0.2) is 11.9 Å². The molecular weight excluding hydrogens is 434 g/mol. The molecule has 0 aliphatic carbocycles. The minimum Gasteiger partial charge on any atom is -0.339 e. The van der Waals surface area contributed by atoms with Gasteiger partial charge in [-0.2, -0.15) is 0 Å². The Balaban J connectivity index is 1.50. The number of rotatable bonds is 6. The van der Waals surface area contributed by atoms with Crippen molar-refractivity contribution in [1.82, 2.24) is 0 Å². The molecule has 0 aromatic heterocycles. The van der Waals surface area contributed by atoms with E-state index in [1.165, 1.54) is 6.08 Å². The zero-order chi connectivity index (χ0) is 20.5. The fourth-order valence-electron chi connectivity index (χ4n) is 2.22. The second kappa shape index (κ2) is 10.1. The molecular formula is C22H16BrN3O3. The van der Waals surface area contributed by atoms with Gasteiger partial charge in [-0.15, -0.1) is 10.2 Å². The van der Waals surface area contributed by atoms with Gasteiger partial charge in [-0.25, -0.2) is 10.3 Å². The fraction of sp³-hybridized carbons (Fsp3) is 0. The number of halogens is 1. The second-order valence-electron chi connectivity index (χ2n) is 5.83. The normalized spacial score (nSPS) is 10.9. The summed E-state index contributed by atoms with van der Waals surface area (Å²) in [4.78, 5) is 28.7. The molecule has 0 unspecified atom stereocenters. The SMILES string of the molecule is O=C(C=Cc1ccccc1)ONc1ccc(N=NC(=O)c2ccc(Br)cc2)cc1. The van der Waals surface area contributed by atoms with Crippen LogP contribution < -0.4 is 5.48 Å². The van der Waals surface area contributed by atoms with Crippen molar-refractivity contribution < 1.29 is 14.4 Å². The van der Waals surface area contributed by atoms with Crippen LogP contribution in [0.3, 0.4) is 0 Å². The fourth-order valence-corrected chi connectivity index (χ4v) is 2.49. The van der Waals surface area contributed by atoms with Crippen LogP contribution in [0.4, 0.5) is 11.4 Å². The number of amides is 1. The van der Waals surface area contributed by atoms with Crippen molar-refractivity contribution >= 4 is 45.3 Å². The molecule has 0 saturated heterocycles. The van der Waals surface area contributed by atoms with Gasteiger partial charge in [-0.1, -0.05) is 46.3 Å². The van der Waals surface area contributed by atoms with Gasteiger partial charge in [-0.05, 0) is 60.2 Å². The Morgan fingerprint density at radius 3 is 2.28 bits per heavy atom. The molecule has 0 aliphatic heterocycles. The summed E-state index contributed by atoms with van der Waals surface area (Å²) in [6, 6.07) is 22.9. The Labute approximate surface area is 176 Å². The molecule has 0 heterocycles. The van der Waals surface area contributed by atoms with Crippen LogP contribution in [0.25, 0.3) is 6.08 Å². The van der Waals surface area contributed by atoms with Gasteiger partial charge in [0.25, 0.3) is 5.91 Å². The molecule has 144 valence electrons. The van der Waals surface area contributed by atoms with Gasteiger partial charge in [0, 0.05) is 16.1 Å². The molecule has 0 spiro atoms. The Bertz CT molecular complexity index is 1030. The van der Waals surface area contributed by atoms with E-state index in [9.17, 15) is 9.59 Å². The summed E-state index contributed by atoms with van der Waals surface area (Å²) in [7, 11) is 0. The number of anilines is 1. The first kappa shape index (κ1) is 20.2. The first-order valence-corrected chi connectivity index (χ1v) is 9.41. The number of benzene rings is 3. The lowest BCUT2D eigenvalue weighted by molar-refractivity contribution is -0.134. The van der Waals surface area contributed by atoms with E-state index in [2.05, 4.69) is 31.6 Å². The quantitative estimate of drug-likeness (QED) is 0.286. The molecule has 1 N–H and O–H groups in total. The van der Waals surface area contributed by atoms with Gasteiger partial charge in [0.1, 0.15) is 0 Å². The highest BCUT2D eigenvalue weighted by molar-refractivity contribution is 9.10. The second-order valence-corrected chi connectivity index (χ2v) is 6.74. The monoisotopic (exact) mass is 449 g/mol. The number of azo groups is 1. The van der Waals surface area contributed by atoms with Crippen molar-refractivity contribution in [2.24, 2.45) is 10.2 Å². The van der Waals surface area contributed by atoms with E-state index in [1.807, 2.05) is 30.3 Å². The van der Waals surface area contributed by atoms with E-state index in [1.54, 1.807) is 54.6 Å². The summed E-state index contributed by atoms with van der Waals surface area (Å²) in [5.74, 6) is -0.962. The van der Waals surface area contributed by atoms with Gasteiger partial charge >= 0.3 is 5.97 Å². The maximum absolute atomic E-state index is 12.0. The van der Waals surface area contributed by atoms with Crippen LogP contribution in [0, 0.1) is 0 Å². The number of carbonyl (C=O) groups is 2. The molecule has 6 nitrogen and oxygen atoms in total. The molecule has 1 amide bonds. The number of nitrogens with one attached hydrogen (secondary N) is 1. The molecule has 0 fully saturated rings. The Morgan fingerprint density at radius 1 is 0.897 bits per heavy atom. The van der Waals surface area contributed by atoms with E-state index in [4.69, 9.17) is 4.84 Å². The standard InChI is InChI=1S/C22H16BrN3O3/c23-18-9-7-17(8-10-18)22(28)25-24-19-11-13-20(14-12-19)26-29-21(27)15-6-16-4-2-1-3-5-16/h1-15,26H. The van der Waals surface area contributed by atoms with Crippen LogP contribution in [0.2, 0.25) is 0 Å². The summed E-state index contributed by atoms with van der Waals surface area (Å²) in [6.45, 7) is 0. The summed E-state index contributed by atoms with van der Waals surface area (Å²) in [5.41, 5.74) is 4.97. The first-order valence-electron chi connectivity index (χ1n) is 8.62. The molecule has 0 radical (unpaired) electrons. The Morgan fingerprint density at radius 2 is 1.59 bits per heavy atom. The van der Waals surface area contributed by atoms with Crippen LogP contribution in [-0.2, 0) is 9.63 Å². The molecule has 7 heteroatoms. The lowest BCUT2D eigenvalue weighted by Crippen LogP contribution is -2.07. The van der Waals surface area contributed by atoms with Crippen molar-refractivity contribution in [2.45, 2.75) is 0 Å². The third-order valence-corrected chi connectivity index (χ3v) is 4.22. The van der Waals surface area contributed by atoms with Crippen LogP contribution in [0.15, 0.2) is 99.6 Å². The maximum atomic E-state index is 12.0. The Hall–Kier alpha value is -3.58. The number of carbonyl (C=O) groups excluding carboxylic acids is 2. The summed E-state index contributed by atoms with van der Waals surface area (Å²) in [6.07, 6.45) is 2.99. The highest BCUT2D eigenvalue weighted by atomic mass is 79.9. The highest BCUT2D eigenvalue weighted by Gasteiger charge is 2.04. The minimum atomic E-state index is -0.530. The Kier molecular flexibility index (Phi) is 7.02. The van der Waals surface area contributed by atoms with Crippen molar-refractivity contribution in [3.8, 4) is 0 Å². The van der Waals surface area contributed by atoms with Gasteiger partial charge in [0.2, 0.25) is 0 Å². The van der Waals surface area contributed by atoms with Gasteiger partial charge in [0.15, 0.2) is 0 Å². The summed E-state index contributed by atoms with van der Waals surface area (Å²) in [5, 5.41) is 7.63. The van der Waals surface area contributed by atoms with E-state index in [0.29, 0.717) is 16.9 Å². The average Bonchev–Trinajstić information content (AvgIpc) is 2.76. The molecule has 3 aromatic carbocycles. The molecule has 3 rings (SSSR count). The smallest absolute Gasteiger partial charge is 0.339 e. The maximum Gasteiger partial charge on any atom is 0.355 e. The van der Waals surface area contributed by atoms with Crippen molar-refractivity contribution in [1.29, 1.82) is 0 Å². The molecule has 0 saturated carbocycles. The third kappa shape index (κ3) is 6.51. The van der Waals surface area contributed by atoms with Crippen molar-refractivity contribution in [3.63, 3.8) is 0 Å². The van der Waals surface area contributed by atoms with Crippen molar-refractivity contribution in [2.75, 3.05) is 5.48 Å². The first-order chi connectivity index (χ1) is 14.1. The highest BCUT2D eigenvalue weighted by Crippen LogP contribution is 2.18. The number of nitrogens with zero attached hydrogens (tertiary/aromatic N) is 2. The van der Waals surface area contributed by atoms with Crippen LogP contribution >= 0.6 is 15.9 Å². The summed E-state index contributed by atoms with van der Waals surface area (Å²) >= 11 is 3.31. The number of hydrogen-bond donors (Lipinski definition) is 1. The van der Waals surface area contributed by atoms with E-state index >= 15 is 0 Å². The average molecular weight is 450 g/mol. The van der Waals surface area contributed by atoms with Crippen LogP contribution in [0.5, 0.6) is 0 Å². The van der Waals surface area contributed by atoms with E-state index in [-0.39, 0.29) is 0 Å². The van der Waals surface area contributed by atoms with Gasteiger partial charge in [-0.3, -0.25) is 4.79 Å². The predicted octanol–water partition coefficient (Wildman–Crippen LogP) is 5.96. The van der Waals surface area contributed by atoms with Crippen LogP contribution in [0.1, 0.15) is 15.9 Å². The zero-order valence-electron chi connectivity index (χ0n) is 15.2. The topological polar surface area (TPSA) is 80.1 Å². The number of hydrogen-bond acceptors (Lipinski definition) is 5. The third-order valence-electron chi connectivity index (χ3n) is 3.70. The zero-order valence-corrected chi connectivity index (χ0v) is 16.7. The molecule has 0 bridgehead atoms. The molecule has 3 aromatic rings.